The maximum Gasteiger partial charge on any atom is 0.275 e. The Morgan fingerprint density at radius 2 is 2.03 bits per heavy atom. The number of nitrogens with one attached hydrogen (secondary N) is 1. The second-order valence-electron chi connectivity index (χ2n) is 8.63. The highest BCUT2D eigenvalue weighted by atomic mass is 32.2. The van der Waals surface area contributed by atoms with Gasteiger partial charge in [0.1, 0.15) is 6.04 Å². The van der Waals surface area contributed by atoms with E-state index in [-0.39, 0.29) is 23.0 Å². The van der Waals surface area contributed by atoms with E-state index in [4.69, 9.17) is 4.11 Å². The highest BCUT2D eigenvalue weighted by Crippen LogP contribution is 2.54. The second-order valence-corrected chi connectivity index (χ2v) is 10.6. The number of sulfone groups is 1. The van der Waals surface area contributed by atoms with E-state index in [1.807, 2.05) is 30.3 Å². The monoisotopic (exact) mass is 485 g/mol. The minimum absolute atomic E-state index is 0.00310. The molecular formula is C24H23FN4O4S. The number of likely N-dealkylation sites (N-methyl/N-ethyl adjacent to an activating group) is 1. The Morgan fingerprint density at radius 3 is 2.74 bits per heavy atom. The van der Waals surface area contributed by atoms with Crippen LogP contribution in [-0.4, -0.2) is 49.3 Å². The molecule has 3 atom stereocenters. The second kappa shape index (κ2) is 8.05. The summed E-state index contributed by atoms with van der Waals surface area (Å²) in [6.45, 7) is -2.68. The number of carbonyl (C=O) groups excluding carboxylic acids is 2. The molecule has 0 radical (unpaired) electrons. The fourth-order valence-corrected chi connectivity index (χ4v) is 5.08. The molecule has 5 rings (SSSR count). The fourth-order valence-electron chi connectivity index (χ4n) is 4.43. The number of fused-ring (bicyclic) bond motifs is 3. The lowest BCUT2D eigenvalue weighted by Crippen LogP contribution is -2.48. The lowest BCUT2D eigenvalue weighted by molar-refractivity contribution is -0.120. The molecule has 1 saturated carbocycles. The summed E-state index contributed by atoms with van der Waals surface area (Å²) in [6, 6.07) is 11.8. The predicted molar refractivity (Wildman–Crippen MR) is 123 cm³/mol. The lowest BCUT2D eigenvalue weighted by Gasteiger charge is -2.23. The number of aromatic nitrogens is 2. The molecule has 2 heterocycles. The van der Waals surface area contributed by atoms with Crippen LogP contribution in [0.25, 0.3) is 0 Å². The number of hydrogen-bond acceptors (Lipinski definition) is 5. The highest BCUT2D eigenvalue weighted by molar-refractivity contribution is 7.90. The average molecular weight is 486 g/mol. The van der Waals surface area contributed by atoms with Gasteiger partial charge < -0.3 is 10.2 Å². The van der Waals surface area contributed by atoms with Crippen molar-refractivity contribution in [1.29, 1.82) is 0 Å². The van der Waals surface area contributed by atoms with Gasteiger partial charge in [-0.2, -0.15) is 5.10 Å². The summed E-state index contributed by atoms with van der Waals surface area (Å²) in [6.07, 6.45) is 2.54. The average Bonchev–Trinajstić information content (AvgIpc) is 3.52. The van der Waals surface area contributed by atoms with Crippen molar-refractivity contribution < 1.29 is 26.5 Å². The van der Waals surface area contributed by atoms with Gasteiger partial charge in [0.15, 0.2) is 21.3 Å². The normalized spacial score (nSPS) is 23.1. The first-order valence-corrected chi connectivity index (χ1v) is 12.5. The fraction of sp³-hybridized carbons (Fsp3) is 0.292. The molecule has 3 aromatic rings. The van der Waals surface area contributed by atoms with Crippen molar-refractivity contribution in [1.82, 2.24) is 15.1 Å². The van der Waals surface area contributed by atoms with Gasteiger partial charge in [0.2, 0.25) is 5.91 Å². The molecule has 1 aliphatic heterocycles. The first-order chi connectivity index (χ1) is 17.3. The van der Waals surface area contributed by atoms with Gasteiger partial charge in [-0.15, -0.1) is 0 Å². The lowest BCUT2D eigenvalue weighted by atomic mass is 10.1. The van der Waals surface area contributed by atoms with Gasteiger partial charge in [0.25, 0.3) is 5.91 Å². The van der Waals surface area contributed by atoms with Crippen LogP contribution in [0.4, 0.5) is 10.1 Å². The molecular weight excluding hydrogens is 459 g/mol. The van der Waals surface area contributed by atoms with Crippen LogP contribution in [0.3, 0.4) is 0 Å². The number of nitrogens with zero attached hydrogens (tertiary/aromatic N) is 3. The van der Waals surface area contributed by atoms with Gasteiger partial charge >= 0.3 is 0 Å². The zero-order valence-electron chi connectivity index (χ0n) is 21.1. The van der Waals surface area contributed by atoms with Crippen molar-refractivity contribution in [3.05, 3.63) is 77.4 Å². The standard InChI is InChI=1S/C24H23FN4O4S/c1-28-20-9-8-15(34(2,32)33)10-17(20)16-11-18(16)21(24(28)31)26-23(30)22-19(25)13-29(27-22)12-14-6-4-3-5-7-14/h3-10,13,16,18,21H,11-12H2,1-2H3,(H,26,30)/t16-,18-,21+/m0/s1/i1D3. The summed E-state index contributed by atoms with van der Waals surface area (Å²) in [7, 11) is -3.58. The number of carbonyl (C=O) groups is 2. The maximum atomic E-state index is 14.7. The Labute approximate surface area is 200 Å². The summed E-state index contributed by atoms with van der Waals surface area (Å²) >= 11 is 0. The van der Waals surface area contributed by atoms with Crippen molar-refractivity contribution in [2.75, 3.05) is 18.1 Å². The molecule has 0 unspecified atom stereocenters. The summed E-state index contributed by atoms with van der Waals surface area (Å²) < 4.78 is 64.0. The van der Waals surface area contributed by atoms with Gasteiger partial charge in [-0.3, -0.25) is 14.3 Å². The highest BCUT2D eigenvalue weighted by Gasteiger charge is 2.52. The van der Waals surface area contributed by atoms with E-state index in [0.717, 1.165) is 18.0 Å². The largest absolute Gasteiger partial charge is 0.338 e. The van der Waals surface area contributed by atoms with Crippen LogP contribution in [0.5, 0.6) is 0 Å². The first kappa shape index (κ1) is 18.8. The van der Waals surface area contributed by atoms with Gasteiger partial charge in [-0.05, 0) is 47.6 Å². The summed E-state index contributed by atoms with van der Waals surface area (Å²) in [5.41, 5.74) is 0.811. The molecule has 0 bridgehead atoms. The Hall–Kier alpha value is -3.53. The molecule has 0 spiro atoms. The van der Waals surface area contributed by atoms with Gasteiger partial charge in [0.05, 0.1) is 17.6 Å². The Balaban J connectivity index is 1.45. The van der Waals surface area contributed by atoms with Gasteiger partial charge in [-0.25, -0.2) is 12.8 Å². The van der Waals surface area contributed by atoms with Crippen LogP contribution in [0, 0.1) is 11.7 Å². The summed E-state index contributed by atoms with van der Waals surface area (Å²) in [4.78, 5) is 27.1. The third-order valence-electron chi connectivity index (χ3n) is 6.23. The van der Waals surface area contributed by atoms with Crippen LogP contribution >= 0.6 is 0 Å². The van der Waals surface area contributed by atoms with Crippen molar-refractivity contribution >= 4 is 27.3 Å². The zero-order chi connectivity index (χ0) is 26.7. The molecule has 176 valence electrons. The number of anilines is 1. The smallest absolute Gasteiger partial charge is 0.275 e. The third-order valence-corrected chi connectivity index (χ3v) is 7.34. The molecule has 2 amide bonds. The Bertz CT molecular complexity index is 1510. The molecule has 34 heavy (non-hydrogen) atoms. The Kier molecular flexibility index (Phi) is 4.46. The van der Waals surface area contributed by atoms with Crippen molar-refractivity contribution in [3.8, 4) is 0 Å². The van der Waals surface area contributed by atoms with Crippen LogP contribution < -0.4 is 10.2 Å². The van der Waals surface area contributed by atoms with E-state index < -0.39 is 52.1 Å². The zero-order valence-corrected chi connectivity index (χ0v) is 18.9. The summed E-state index contributed by atoms with van der Waals surface area (Å²) in [5.74, 6) is -3.53. The van der Waals surface area contributed by atoms with Crippen LogP contribution in [-0.2, 0) is 21.2 Å². The summed E-state index contributed by atoms with van der Waals surface area (Å²) in [5, 5.41) is 6.53. The molecule has 10 heteroatoms. The van der Waals surface area contributed by atoms with E-state index in [9.17, 15) is 22.4 Å². The minimum Gasteiger partial charge on any atom is -0.338 e. The number of rotatable bonds is 5. The van der Waals surface area contributed by atoms with Crippen LogP contribution in [0.15, 0.2) is 59.6 Å². The van der Waals surface area contributed by atoms with Gasteiger partial charge in [-0.1, -0.05) is 30.3 Å². The molecule has 1 aliphatic carbocycles. The van der Waals surface area contributed by atoms with Crippen LogP contribution in [0.1, 0.15) is 38.1 Å². The minimum atomic E-state index is -3.58. The predicted octanol–water partition coefficient (Wildman–Crippen LogP) is 2.35. The molecule has 2 aromatic carbocycles. The Morgan fingerprint density at radius 1 is 1.26 bits per heavy atom. The number of hydrogen-bond donors (Lipinski definition) is 1. The van der Waals surface area contributed by atoms with Gasteiger partial charge in [0, 0.05) is 23.0 Å². The number of halogens is 1. The molecule has 2 aliphatic rings. The third kappa shape index (κ3) is 3.98. The molecule has 0 saturated heterocycles. The van der Waals surface area contributed by atoms with Crippen LogP contribution in [0.2, 0.25) is 0 Å². The maximum absolute atomic E-state index is 14.7. The molecule has 1 fully saturated rings. The van der Waals surface area contributed by atoms with E-state index in [0.29, 0.717) is 16.9 Å². The van der Waals surface area contributed by atoms with Crippen molar-refractivity contribution in [2.24, 2.45) is 5.92 Å². The SMILES string of the molecule is [2H]C([2H])([2H])N1C(=O)[C@H](NC(=O)c2nn(Cc3ccccc3)cc2F)[C@H]2C[C@H]2c2cc(S(C)(=O)=O)ccc21. The first-order valence-electron chi connectivity index (χ1n) is 12.1. The number of benzene rings is 2. The van der Waals surface area contributed by atoms with E-state index in [2.05, 4.69) is 10.4 Å². The van der Waals surface area contributed by atoms with E-state index in [1.165, 1.54) is 22.9 Å². The number of amides is 2. The van der Waals surface area contributed by atoms with Crippen molar-refractivity contribution in [2.45, 2.75) is 29.8 Å². The van der Waals surface area contributed by atoms with E-state index in [1.54, 1.807) is 0 Å². The quantitative estimate of drug-likeness (QED) is 0.598. The van der Waals surface area contributed by atoms with E-state index >= 15 is 0 Å². The molecule has 1 aromatic heterocycles. The van der Waals surface area contributed by atoms with Crippen molar-refractivity contribution in [3.63, 3.8) is 0 Å². The molecule has 1 N–H and O–H groups in total. The topological polar surface area (TPSA) is 101 Å². The molecule has 8 nitrogen and oxygen atoms in total.